The lowest BCUT2D eigenvalue weighted by molar-refractivity contribution is -0.0505. The van der Waals surface area contributed by atoms with Crippen molar-refractivity contribution in [1.82, 2.24) is 34.4 Å². The number of rotatable bonds is 9. The lowest BCUT2D eigenvalue weighted by atomic mass is 10.1. The monoisotopic (exact) mass is 622 g/mol. The number of alkyl halides is 2. The Morgan fingerprint density at radius 3 is 2.64 bits per heavy atom. The Bertz CT molecular complexity index is 1810. The summed E-state index contributed by atoms with van der Waals surface area (Å²) in [5.74, 6) is 0.532. The summed E-state index contributed by atoms with van der Waals surface area (Å²) in [5.41, 5.74) is 2.96. The standard InChI is InChI=1S/C30H32F2N8O5/c1-36(30(43)44)8-7-18-3-6-25(45-27(31)32)20(11-18)16-40-24-12-19(4-5-23(24)26(41)37(40)2)21-13-33-28(34-14-21)38-9-10-39-22(17-38)15-35-29(39)42/h3-6,11-14,22,27H,7-10,15-17H2,1-2H3,(H,35,42)(H,43,44)/t22-/m1/s1. The van der Waals surface area contributed by atoms with E-state index in [2.05, 4.69) is 20.2 Å². The van der Waals surface area contributed by atoms with Crippen molar-refractivity contribution in [3.8, 4) is 16.9 Å². The largest absolute Gasteiger partial charge is 0.465 e. The number of fused-ring (bicyclic) bond motifs is 2. The minimum atomic E-state index is -3.05. The fourth-order valence-corrected chi connectivity index (χ4v) is 5.84. The summed E-state index contributed by atoms with van der Waals surface area (Å²) in [6, 6.07) is 10.1. The molecule has 0 radical (unpaired) electrons. The summed E-state index contributed by atoms with van der Waals surface area (Å²) in [6.07, 6.45) is 2.72. The maximum atomic E-state index is 13.3. The van der Waals surface area contributed by atoms with Crippen LogP contribution in [0.5, 0.6) is 5.75 Å². The van der Waals surface area contributed by atoms with Gasteiger partial charge in [0.25, 0.3) is 5.56 Å². The van der Waals surface area contributed by atoms with Crippen LogP contribution in [0.1, 0.15) is 11.1 Å². The first kappa shape index (κ1) is 29.8. The number of benzene rings is 2. The number of ether oxygens (including phenoxy) is 1. The number of likely N-dealkylation sites (N-methyl/N-ethyl adjacent to an activating group) is 1. The van der Waals surface area contributed by atoms with Gasteiger partial charge in [0.15, 0.2) is 0 Å². The number of carbonyl (C=O) groups is 2. The van der Waals surface area contributed by atoms with E-state index in [9.17, 15) is 23.2 Å². The molecule has 4 aromatic rings. The van der Waals surface area contributed by atoms with Crippen molar-refractivity contribution >= 4 is 29.0 Å². The fourth-order valence-electron chi connectivity index (χ4n) is 5.84. The minimum Gasteiger partial charge on any atom is -0.465 e. The third kappa shape index (κ3) is 5.97. The molecule has 2 saturated heterocycles. The zero-order valence-electron chi connectivity index (χ0n) is 24.7. The zero-order chi connectivity index (χ0) is 31.8. The molecule has 4 heterocycles. The van der Waals surface area contributed by atoms with Gasteiger partial charge in [0, 0.05) is 70.3 Å². The molecule has 3 amide bonds. The van der Waals surface area contributed by atoms with Crippen molar-refractivity contribution < 1.29 is 28.2 Å². The SMILES string of the molecule is CN(CCc1ccc(OC(F)F)c(Cn2c3cc(-c4cnc(N5CCN6C(=O)NC[C@@H]6C5)nc4)ccc3c(=O)n2C)c1)C(=O)O. The molecule has 236 valence electrons. The van der Waals surface area contributed by atoms with Gasteiger partial charge in [-0.2, -0.15) is 8.78 Å². The topological polar surface area (TPSA) is 138 Å². The third-order valence-electron chi connectivity index (χ3n) is 8.37. The molecule has 0 unspecified atom stereocenters. The number of amides is 3. The van der Waals surface area contributed by atoms with Gasteiger partial charge in [-0.25, -0.2) is 19.6 Å². The first-order valence-electron chi connectivity index (χ1n) is 14.4. The highest BCUT2D eigenvalue weighted by Crippen LogP contribution is 2.28. The van der Waals surface area contributed by atoms with Crippen LogP contribution in [0, 0.1) is 0 Å². The number of urea groups is 1. The Balaban J connectivity index is 1.28. The van der Waals surface area contributed by atoms with Crippen molar-refractivity contribution in [1.29, 1.82) is 0 Å². The molecule has 2 aromatic carbocycles. The van der Waals surface area contributed by atoms with Gasteiger partial charge in [-0.3, -0.25) is 14.2 Å². The normalized spacial score (nSPS) is 16.3. The summed E-state index contributed by atoms with van der Waals surface area (Å²) >= 11 is 0. The number of hydrogen-bond acceptors (Lipinski definition) is 7. The Hall–Kier alpha value is -5.21. The van der Waals surface area contributed by atoms with Crippen LogP contribution >= 0.6 is 0 Å². The molecule has 0 aliphatic carbocycles. The first-order chi connectivity index (χ1) is 21.6. The highest BCUT2D eigenvalue weighted by molar-refractivity contribution is 5.84. The van der Waals surface area contributed by atoms with Crippen molar-refractivity contribution in [3.63, 3.8) is 0 Å². The number of hydrogen-bond donors (Lipinski definition) is 2. The predicted octanol–water partition coefficient (Wildman–Crippen LogP) is 2.81. The van der Waals surface area contributed by atoms with Gasteiger partial charge >= 0.3 is 18.7 Å². The van der Waals surface area contributed by atoms with E-state index in [1.807, 2.05) is 17.0 Å². The summed E-state index contributed by atoms with van der Waals surface area (Å²) in [7, 11) is 3.05. The molecule has 2 N–H and O–H groups in total. The number of piperazine rings is 1. The second-order valence-corrected chi connectivity index (χ2v) is 11.1. The van der Waals surface area contributed by atoms with E-state index in [4.69, 9.17) is 9.84 Å². The van der Waals surface area contributed by atoms with E-state index in [1.165, 1.54) is 17.8 Å². The van der Waals surface area contributed by atoms with E-state index in [0.717, 1.165) is 21.6 Å². The Morgan fingerprint density at radius 2 is 1.91 bits per heavy atom. The van der Waals surface area contributed by atoms with Gasteiger partial charge in [-0.15, -0.1) is 0 Å². The summed E-state index contributed by atoms with van der Waals surface area (Å²) in [4.78, 5) is 50.5. The average Bonchev–Trinajstić information content (AvgIpc) is 3.52. The molecule has 45 heavy (non-hydrogen) atoms. The molecule has 0 spiro atoms. The summed E-state index contributed by atoms with van der Waals surface area (Å²) < 4.78 is 34.5. The van der Waals surface area contributed by atoms with E-state index in [0.29, 0.717) is 55.0 Å². The molecular formula is C30H32F2N8O5. The van der Waals surface area contributed by atoms with Crippen molar-refractivity contribution in [2.75, 3.05) is 44.7 Å². The number of carbonyl (C=O) groups excluding carboxylic acids is 1. The average molecular weight is 623 g/mol. The summed E-state index contributed by atoms with van der Waals surface area (Å²) in [5, 5.41) is 12.5. The van der Waals surface area contributed by atoms with Crippen LogP contribution in [0.2, 0.25) is 0 Å². The maximum Gasteiger partial charge on any atom is 0.407 e. The van der Waals surface area contributed by atoms with Crippen molar-refractivity contribution in [2.24, 2.45) is 7.05 Å². The number of carboxylic acid groups (broad SMARTS) is 1. The highest BCUT2D eigenvalue weighted by Gasteiger charge is 2.36. The Morgan fingerprint density at radius 1 is 1.13 bits per heavy atom. The quantitative estimate of drug-likeness (QED) is 0.291. The van der Waals surface area contributed by atoms with Crippen LogP contribution in [0.15, 0.2) is 53.6 Å². The molecule has 2 aromatic heterocycles. The van der Waals surface area contributed by atoms with Crippen LogP contribution in [0.4, 0.5) is 24.3 Å². The summed E-state index contributed by atoms with van der Waals surface area (Å²) in [6.45, 7) is -0.343. The molecular weight excluding hydrogens is 590 g/mol. The molecule has 2 aliphatic heterocycles. The van der Waals surface area contributed by atoms with E-state index >= 15 is 0 Å². The lowest BCUT2D eigenvalue weighted by Gasteiger charge is -2.36. The highest BCUT2D eigenvalue weighted by atomic mass is 19.3. The molecule has 6 rings (SSSR count). The molecule has 0 bridgehead atoms. The zero-order valence-corrected chi connectivity index (χ0v) is 24.7. The van der Waals surface area contributed by atoms with Crippen LogP contribution in [-0.2, 0) is 20.0 Å². The van der Waals surface area contributed by atoms with Crippen LogP contribution in [0.3, 0.4) is 0 Å². The van der Waals surface area contributed by atoms with Gasteiger partial charge < -0.3 is 29.9 Å². The van der Waals surface area contributed by atoms with Gasteiger partial charge in [-0.1, -0.05) is 18.2 Å². The maximum absolute atomic E-state index is 13.3. The van der Waals surface area contributed by atoms with E-state index < -0.39 is 12.7 Å². The second kappa shape index (κ2) is 12.1. The van der Waals surface area contributed by atoms with Crippen LogP contribution < -0.4 is 20.5 Å². The molecule has 15 heteroatoms. The Labute approximate surface area is 256 Å². The molecule has 2 fully saturated rings. The number of halogens is 2. The number of nitrogens with one attached hydrogen (secondary N) is 1. The van der Waals surface area contributed by atoms with Gasteiger partial charge in [-0.05, 0) is 35.7 Å². The third-order valence-corrected chi connectivity index (χ3v) is 8.37. The number of anilines is 1. The first-order valence-corrected chi connectivity index (χ1v) is 14.4. The van der Waals surface area contributed by atoms with Crippen molar-refractivity contribution in [2.45, 2.75) is 25.6 Å². The minimum absolute atomic E-state index is 0.0339. The van der Waals surface area contributed by atoms with Gasteiger partial charge in [0.2, 0.25) is 5.95 Å². The van der Waals surface area contributed by atoms with E-state index in [-0.39, 0.29) is 36.5 Å². The Kier molecular flexibility index (Phi) is 7.99. The van der Waals surface area contributed by atoms with Gasteiger partial charge in [0.1, 0.15) is 5.75 Å². The number of aromatic nitrogens is 4. The van der Waals surface area contributed by atoms with Crippen molar-refractivity contribution in [3.05, 3.63) is 70.3 Å². The van der Waals surface area contributed by atoms with Crippen LogP contribution in [-0.4, -0.2) is 98.8 Å². The molecule has 1 atom stereocenters. The molecule has 0 saturated carbocycles. The molecule has 2 aliphatic rings. The second-order valence-electron chi connectivity index (χ2n) is 11.1. The van der Waals surface area contributed by atoms with E-state index in [1.54, 1.807) is 42.3 Å². The molecule has 13 nitrogen and oxygen atoms in total. The smallest absolute Gasteiger partial charge is 0.407 e. The number of nitrogens with zero attached hydrogens (tertiary/aromatic N) is 7. The lowest BCUT2D eigenvalue weighted by Crippen LogP contribution is -2.52. The van der Waals surface area contributed by atoms with Crippen LogP contribution in [0.25, 0.3) is 22.0 Å². The predicted molar refractivity (Wildman–Crippen MR) is 161 cm³/mol. The fraction of sp³-hybridized carbons (Fsp3) is 0.367. The van der Waals surface area contributed by atoms with Gasteiger partial charge in [0.05, 0.1) is 23.5 Å².